The van der Waals surface area contributed by atoms with Crippen molar-refractivity contribution in [2.45, 2.75) is 31.3 Å². The Kier molecular flexibility index (Phi) is 5.88. The summed E-state index contributed by atoms with van der Waals surface area (Å²) in [6.07, 6.45) is 0. The Labute approximate surface area is 189 Å². The number of fused-ring (bicyclic) bond motifs is 3. The van der Waals surface area contributed by atoms with E-state index in [4.69, 9.17) is 0 Å². The number of aromatic nitrogens is 1. The van der Waals surface area contributed by atoms with Gasteiger partial charge < -0.3 is 9.88 Å². The lowest BCUT2D eigenvalue weighted by atomic mass is 10.1. The van der Waals surface area contributed by atoms with Crippen LogP contribution in [0.1, 0.15) is 13.8 Å². The van der Waals surface area contributed by atoms with E-state index < -0.39 is 22.0 Å². The number of hydrogen-bond donors (Lipinski definition) is 2. The van der Waals surface area contributed by atoms with Gasteiger partial charge in [0.25, 0.3) is 0 Å². The number of anilines is 1. The van der Waals surface area contributed by atoms with E-state index in [1.165, 1.54) is 19.1 Å². The Morgan fingerprint density at radius 2 is 1.68 bits per heavy atom. The van der Waals surface area contributed by atoms with Gasteiger partial charge in [-0.25, -0.2) is 8.42 Å². The first kappa shape index (κ1) is 21.5. The predicted molar refractivity (Wildman–Crippen MR) is 128 cm³/mol. The van der Waals surface area contributed by atoms with Crippen LogP contribution in [0.2, 0.25) is 0 Å². The number of rotatable bonds is 6. The normalized spacial score (nSPS) is 12.9. The molecule has 0 fully saturated rings. The highest BCUT2D eigenvalue weighted by molar-refractivity contribution is 9.10. The van der Waals surface area contributed by atoms with Crippen molar-refractivity contribution >= 4 is 59.4 Å². The minimum absolute atomic E-state index is 0.101. The third-order valence-corrected chi connectivity index (χ3v) is 7.29. The van der Waals surface area contributed by atoms with Crippen LogP contribution in [-0.2, 0) is 21.4 Å². The second kappa shape index (κ2) is 8.45. The number of nitrogens with zero attached hydrogens (tertiary/aromatic N) is 1. The Balaban J connectivity index is 1.56. The number of carbonyl (C=O) groups excluding carboxylic acids is 1. The van der Waals surface area contributed by atoms with Gasteiger partial charge in [-0.3, -0.25) is 4.79 Å². The maximum atomic E-state index is 12.7. The number of halogens is 1. The van der Waals surface area contributed by atoms with Crippen LogP contribution in [-0.4, -0.2) is 24.9 Å². The van der Waals surface area contributed by atoms with Crippen molar-refractivity contribution in [1.29, 1.82) is 0 Å². The van der Waals surface area contributed by atoms with E-state index >= 15 is 0 Å². The second-order valence-corrected chi connectivity index (χ2v) is 9.91. The van der Waals surface area contributed by atoms with Gasteiger partial charge in [0.1, 0.15) is 0 Å². The van der Waals surface area contributed by atoms with Crippen molar-refractivity contribution in [3.63, 3.8) is 0 Å². The zero-order chi connectivity index (χ0) is 22.2. The van der Waals surface area contributed by atoms with Gasteiger partial charge in [-0.15, -0.1) is 0 Å². The zero-order valence-corrected chi connectivity index (χ0v) is 19.5. The Hall–Kier alpha value is -2.68. The standard InChI is InChI=1S/C23H22BrN3O3S/c1-3-27-21-7-5-4-6-19(21)20-14-17(10-13-22(20)27)25-23(28)15(2)26-31(29,30)18-11-8-16(24)9-12-18/h4-15,26H,3H2,1-2H3,(H,25,28)/t15-/m0/s1. The maximum Gasteiger partial charge on any atom is 0.242 e. The lowest BCUT2D eigenvalue weighted by Crippen LogP contribution is -2.41. The van der Waals surface area contributed by atoms with Crippen LogP contribution in [0, 0.1) is 0 Å². The molecule has 31 heavy (non-hydrogen) atoms. The first-order valence-electron chi connectivity index (χ1n) is 9.90. The van der Waals surface area contributed by atoms with E-state index in [9.17, 15) is 13.2 Å². The van der Waals surface area contributed by atoms with Crippen LogP contribution in [0.15, 0.2) is 76.1 Å². The minimum Gasteiger partial charge on any atom is -0.341 e. The molecule has 0 aliphatic heterocycles. The van der Waals surface area contributed by atoms with Crippen LogP contribution >= 0.6 is 15.9 Å². The molecule has 2 N–H and O–H groups in total. The summed E-state index contributed by atoms with van der Waals surface area (Å²) in [5.74, 6) is -0.431. The molecule has 0 radical (unpaired) electrons. The molecule has 4 rings (SSSR count). The van der Waals surface area contributed by atoms with Gasteiger partial charge >= 0.3 is 0 Å². The largest absolute Gasteiger partial charge is 0.341 e. The van der Waals surface area contributed by atoms with Gasteiger partial charge in [-0.05, 0) is 62.4 Å². The molecule has 0 spiro atoms. The van der Waals surface area contributed by atoms with Crippen LogP contribution in [0.4, 0.5) is 5.69 Å². The molecule has 160 valence electrons. The summed E-state index contributed by atoms with van der Waals surface area (Å²) in [6, 6.07) is 19.2. The van der Waals surface area contributed by atoms with Gasteiger partial charge in [-0.2, -0.15) is 4.72 Å². The van der Waals surface area contributed by atoms with Crippen LogP contribution in [0.5, 0.6) is 0 Å². The lowest BCUT2D eigenvalue weighted by molar-refractivity contribution is -0.117. The first-order valence-corrected chi connectivity index (χ1v) is 12.2. The van der Waals surface area contributed by atoms with Gasteiger partial charge in [-0.1, -0.05) is 34.1 Å². The molecule has 1 aromatic heterocycles. The number of para-hydroxylation sites is 1. The molecule has 0 aliphatic carbocycles. The number of sulfonamides is 1. The molecule has 8 heteroatoms. The fourth-order valence-electron chi connectivity index (χ4n) is 3.69. The number of aryl methyl sites for hydroxylation is 1. The molecule has 1 amide bonds. The fraction of sp³-hybridized carbons (Fsp3) is 0.174. The molecule has 4 aromatic rings. The van der Waals surface area contributed by atoms with Crippen LogP contribution < -0.4 is 10.0 Å². The first-order chi connectivity index (χ1) is 14.8. The average Bonchev–Trinajstić information content (AvgIpc) is 3.06. The van der Waals surface area contributed by atoms with Crippen molar-refractivity contribution in [2.75, 3.05) is 5.32 Å². The molecule has 0 saturated heterocycles. The number of carbonyl (C=O) groups is 1. The zero-order valence-electron chi connectivity index (χ0n) is 17.1. The van der Waals surface area contributed by atoms with Gasteiger partial charge in [0, 0.05) is 38.5 Å². The Morgan fingerprint density at radius 1 is 1.00 bits per heavy atom. The van der Waals surface area contributed by atoms with Crippen molar-refractivity contribution in [3.8, 4) is 0 Å². The summed E-state index contributed by atoms with van der Waals surface area (Å²) < 4.78 is 30.6. The van der Waals surface area contributed by atoms with E-state index in [-0.39, 0.29) is 4.90 Å². The van der Waals surface area contributed by atoms with Crippen molar-refractivity contribution < 1.29 is 13.2 Å². The Morgan fingerprint density at radius 3 is 2.39 bits per heavy atom. The van der Waals surface area contributed by atoms with Gasteiger partial charge in [0.2, 0.25) is 15.9 Å². The summed E-state index contributed by atoms with van der Waals surface area (Å²) in [7, 11) is -3.81. The number of hydrogen-bond acceptors (Lipinski definition) is 3. The van der Waals surface area contributed by atoms with E-state index in [1.54, 1.807) is 12.1 Å². The minimum atomic E-state index is -3.81. The van der Waals surface area contributed by atoms with Crippen molar-refractivity contribution in [3.05, 3.63) is 71.2 Å². The number of amides is 1. The monoisotopic (exact) mass is 499 g/mol. The quantitative estimate of drug-likeness (QED) is 0.396. The molecule has 1 atom stereocenters. The van der Waals surface area contributed by atoms with Gasteiger partial charge in [0.05, 0.1) is 10.9 Å². The van der Waals surface area contributed by atoms with Gasteiger partial charge in [0.15, 0.2) is 0 Å². The molecule has 0 aliphatic rings. The van der Waals surface area contributed by atoms with Crippen molar-refractivity contribution in [2.24, 2.45) is 0 Å². The summed E-state index contributed by atoms with van der Waals surface area (Å²) in [4.78, 5) is 12.8. The molecule has 0 bridgehead atoms. The highest BCUT2D eigenvalue weighted by Crippen LogP contribution is 2.31. The highest BCUT2D eigenvalue weighted by atomic mass is 79.9. The second-order valence-electron chi connectivity index (χ2n) is 7.28. The molecule has 1 heterocycles. The SMILES string of the molecule is CCn1c2ccccc2c2cc(NC(=O)[C@H](C)NS(=O)(=O)c3ccc(Br)cc3)ccc21. The number of nitrogens with one attached hydrogen (secondary N) is 2. The molecule has 0 unspecified atom stereocenters. The summed E-state index contributed by atoms with van der Waals surface area (Å²) >= 11 is 3.28. The Bertz CT molecular complexity index is 1380. The topological polar surface area (TPSA) is 80.2 Å². The fourth-order valence-corrected chi connectivity index (χ4v) is 5.16. The van der Waals surface area contributed by atoms with E-state index in [1.807, 2.05) is 30.3 Å². The third kappa shape index (κ3) is 4.23. The lowest BCUT2D eigenvalue weighted by Gasteiger charge is -2.15. The maximum absolute atomic E-state index is 12.7. The molecular weight excluding hydrogens is 478 g/mol. The molecule has 6 nitrogen and oxygen atoms in total. The number of benzene rings is 3. The van der Waals surface area contributed by atoms with Crippen LogP contribution in [0.3, 0.4) is 0 Å². The molecule has 0 saturated carbocycles. The van der Waals surface area contributed by atoms with E-state index in [0.717, 1.165) is 32.8 Å². The summed E-state index contributed by atoms with van der Waals surface area (Å²) in [5, 5.41) is 4.98. The van der Waals surface area contributed by atoms with Crippen molar-refractivity contribution in [1.82, 2.24) is 9.29 Å². The van der Waals surface area contributed by atoms with Crippen LogP contribution in [0.25, 0.3) is 21.8 Å². The smallest absolute Gasteiger partial charge is 0.242 e. The molecule has 3 aromatic carbocycles. The predicted octanol–water partition coefficient (Wildman–Crippen LogP) is 4.88. The molecular formula is C23H22BrN3O3S. The summed E-state index contributed by atoms with van der Waals surface area (Å²) in [5.41, 5.74) is 2.84. The van der Waals surface area contributed by atoms with E-state index in [2.05, 4.69) is 49.6 Å². The summed E-state index contributed by atoms with van der Waals surface area (Å²) in [6.45, 7) is 4.46. The third-order valence-electron chi connectivity index (χ3n) is 5.21. The average molecular weight is 500 g/mol. The van der Waals surface area contributed by atoms with E-state index in [0.29, 0.717) is 5.69 Å². The highest BCUT2D eigenvalue weighted by Gasteiger charge is 2.22.